The van der Waals surface area contributed by atoms with Gasteiger partial charge in [0.05, 0.1) is 0 Å². The molecule has 0 heterocycles. The van der Waals surface area contributed by atoms with Crippen LogP contribution in [0.25, 0.3) is 6.08 Å². The molecule has 0 aliphatic rings. The maximum Gasteiger partial charge on any atom is 0.0300 e. The molecule has 0 saturated carbocycles. The monoisotopic (exact) mass is 165 g/mol. The van der Waals surface area contributed by atoms with E-state index in [0.717, 1.165) is 0 Å². The van der Waals surface area contributed by atoms with Crippen molar-refractivity contribution in [2.75, 3.05) is 7.05 Å². The number of rotatable bonds is 3. The molecule has 1 N–H and O–H groups in total. The van der Waals surface area contributed by atoms with Crippen LogP contribution in [0, 0.1) is 0 Å². The number of nitrogens with one attached hydrogen (secondary N) is 1. The van der Waals surface area contributed by atoms with Crippen LogP contribution in [0.15, 0.2) is 35.7 Å². The largest absolute Gasteiger partial charge is 0.263 e. The Balaban J connectivity index is 2.92. The van der Waals surface area contributed by atoms with Crippen LogP contribution in [-0.2, 0) is 0 Å². The molecule has 0 amide bonds. The van der Waals surface area contributed by atoms with E-state index in [1.807, 2.05) is 31.3 Å². The molecular formula is C9H11NS. The first-order valence-electron chi connectivity index (χ1n) is 3.43. The molecule has 0 atom stereocenters. The van der Waals surface area contributed by atoms with E-state index >= 15 is 0 Å². The highest BCUT2D eigenvalue weighted by Gasteiger charge is 1.95. The van der Waals surface area contributed by atoms with Gasteiger partial charge in [-0.15, -0.1) is 0 Å². The Hall–Kier alpha value is -0.730. The summed E-state index contributed by atoms with van der Waals surface area (Å²) < 4.78 is 3.03. The van der Waals surface area contributed by atoms with Gasteiger partial charge in [-0.1, -0.05) is 30.9 Å². The summed E-state index contributed by atoms with van der Waals surface area (Å²) in [5, 5.41) is 0. The molecule has 0 saturated heterocycles. The number of benzene rings is 1. The van der Waals surface area contributed by atoms with Crippen LogP contribution in [0.1, 0.15) is 5.56 Å². The van der Waals surface area contributed by atoms with E-state index in [9.17, 15) is 0 Å². The zero-order chi connectivity index (χ0) is 8.10. The van der Waals surface area contributed by atoms with Crippen LogP contribution < -0.4 is 4.72 Å². The molecule has 1 aromatic carbocycles. The van der Waals surface area contributed by atoms with E-state index in [-0.39, 0.29) is 0 Å². The zero-order valence-electron chi connectivity index (χ0n) is 6.50. The van der Waals surface area contributed by atoms with Crippen molar-refractivity contribution in [1.29, 1.82) is 0 Å². The molecule has 0 aliphatic heterocycles. The normalized spacial score (nSPS) is 9.55. The first kappa shape index (κ1) is 8.37. The fourth-order valence-corrected chi connectivity index (χ4v) is 1.49. The molecule has 0 aliphatic carbocycles. The highest BCUT2D eigenvalue weighted by atomic mass is 32.2. The number of hydrogen-bond acceptors (Lipinski definition) is 2. The highest BCUT2D eigenvalue weighted by molar-refractivity contribution is 7.97. The smallest absolute Gasteiger partial charge is 0.0300 e. The van der Waals surface area contributed by atoms with Gasteiger partial charge in [0.2, 0.25) is 0 Å². The van der Waals surface area contributed by atoms with Crippen LogP contribution in [-0.4, -0.2) is 7.05 Å². The fourth-order valence-electron chi connectivity index (χ4n) is 0.852. The predicted molar refractivity (Wildman–Crippen MR) is 51.4 cm³/mol. The van der Waals surface area contributed by atoms with Gasteiger partial charge in [0.25, 0.3) is 0 Å². The number of hydrogen-bond donors (Lipinski definition) is 1. The van der Waals surface area contributed by atoms with E-state index in [0.29, 0.717) is 0 Å². The van der Waals surface area contributed by atoms with Gasteiger partial charge in [-0.2, -0.15) is 0 Å². The Morgan fingerprint density at radius 3 is 2.82 bits per heavy atom. The van der Waals surface area contributed by atoms with E-state index in [2.05, 4.69) is 17.4 Å². The maximum absolute atomic E-state index is 3.73. The molecule has 0 radical (unpaired) electrons. The first-order valence-corrected chi connectivity index (χ1v) is 4.25. The van der Waals surface area contributed by atoms with Crippen molar-refractivity contribution >= 4 is 18.0 Å². The summed E-state index contributed by atoms with van der Waals surface area (Å²) in [6.45, 7) is 3.73. The summed E-state index contributed by atoms with van der Waals surface area (Å²) in [6.07, 6.45) is 1.86. The van der Waals surface area contributed by atoms with Crippen molar-refractivity contribution in [3.05, 3.63) is 36.4 Å². The molecule has 1 aromatic rings. The zero-order valence-corrected chi connectivity index (χ0v) is 7.32. The van der Waals surface area contributed by atoms with Crippen molar-refractivity contribution in [2.45, 2.75) is 4.90 Å². The summed E-state index contributed by atoms with van der Waals surface area (Å²) in [5.74, 6) is 0. The minimum absolute atomic E-state index is 1.17. The van der Waals surface area contributed by atoms with Crippen molar-refractivity contribution in [2.24, 2.45) is 0 Å². The average molecular weight is 165 g/mol. The van der Waals surface area contributed by atoms with Gasteiger partial charge in [-0.25, -0.2) is 0 Å². The Morgan fingerprint density at radius 2 is 2.18 bits per heavy atom. The van der Waals surface area contributed by atoms with Crippen LogP contribution in [0.3, 0.4) is 0 Å². The van der Waals surface area contributed by atoms with Crippen LogP contribution in [0.4, 0.5) is 0 Å². The highest BCUT2D eigenvalue weighted by Crippen LogP contribution is 2.19. The summed E-state index contributed by atoms with van der Waals surface area (Å²) in [5.41, 5.74) is 1.17. The van der Waals surface area contributed by atoms with Gasteiger partial charge < -0.3 is 0 Å². The standard InChI is InChI=1S/C9H11NS/c1-3-8-6-4-5-7-9(8)11-10-2/h3-7,10H,1H2,2H3. The molecule has 2 heteroatoms. The quantitative estimate of drug-likeness (QED) is 0.691. The lowest BCUT2D eigenvalue weighted by Gasteiger charge is -2.02. The molecule has 11 heavy (non-hydrogen) atoms. The minimum atomic E-state index is 1.17. The maximum atomic E-state index is 3.73. The van der Waals surface area contributed by atoms with Gasteiger partial charge in [-0.3, -0.25) is 4.72 Å². The summed E-state index contributed by atoms with van der Waals surface area (Å²) in [6, 6.07) is 8.15. The third-order valence-electron chi connectivity index (χ3n) is 1.35. The Morgan fingerprint density at radius 1 is 1.45 bits per heavy atom. The van der Waals surface area contributed by atoms with Crippen LogP contribution in [0.2, 0.25) is 0 Å². The summed E-state index contributed by atoms with van der Waals surface area (Å²) in [4.78, 5) is 1.21. The summed E-state index contributed by atoms with van der Waals surface area (Å²) >= 11 is 1.61. The second-order valence-corrected chi connectivity index (χ2v) is 3.10. The lowest BCUT2D eigenvalue weighted by molar-refractivity contribution is 1.27. The second-order valence-electron chi connectivity index (χ2n) is 2.05. The van der Waals surface area contributed by atoms with Crippen LogP contribution in [0.5, 0.6) is 0 Å². The van der Waals surface area contributed by atoms with E-state index < -0.39 is 0 Å². The average Bonchev–Trinajstić information content (AvgIpc) is 2.06. The molecular weight excluding hydrogens is 154 g/mol. The van der Waals surface area contributed by atoms with Gasteiger partial charge in [-0.05, 0) is 30.6 Å². The molecule has 0 bridgehead atoms. The second kappa shape index (κ2) is 4.21. The Kier molecular flexibility index (Phi) is 3.20. The molecule has 1 nitrogen and oxygen atoms in total. The molecule has 0 aromatic heterocycles. The van der Waals surface area contributed by atoms with Gasteiger partial charge in [0, 0.05) is 4.90 Å². The first-order chi connectivity index (χ1) is 5.38. The molecule has 0 unspecified atom stereocenters. The van der Waals surface area contributed by atoms with Crippen LogP contribution >= 0.6 is 11.9 Å². The topological polar surface area (TPSA) is 12.0 Å². The minimum Gasteiger partial charge on any atom is -0.263 e. The Bertz CT molecular complexity index is 245. The third kappa shape index (κ3) is 2.10. The van der Waals surface area contributed by atoms with Gasteiger partial charge >= 0.3 is 0 Å². The van der Waals surface area contributed by atoms with E-state index in [1.165, 1.54) is 10.5 Å². The van der Waals surface area contributed by atoms with Gasteiger partial charge in [0.1, 0.15) is 0 Å². The van der Waals surface area contributed by atoms with Crippen molar-refractivity contribution in [3.8, 4) is 0 Å². The fraction of sp³-hybridized carbons (Fsp3) is 0.111. The predicted octanol–water partition coefficient (Wildman–Crippen LogP) is 2.56. The van der Waals surface area contributed by atoms with E-state index in [4.69, 9.17) is 0 Å². The van der Waals surface area contributed by atoms with Gasteiger partial charge in [0.15, 0.2) is 0 Å². The third-order valence-corrected chi connectivity index (χ3v) is 2.15. The SMILES string of the molecule is C=Cc1ccccc1SNC. The van der Waals surface area contributed by atoms with Crippen molar-refractivity contribution in [1.82, 2.24) is 4.72 Å². The molecule has 58 valence electrons. The molecule has 1 rings (SSSR count). The van der Waals surface area contributed by atoms with Crippen molar-refractivity contribution < 1.29 is 0 Å². The molecule has 0 fully saturated rings. The summed E-state index contributed by atoms with van der Waals surface area (Å²) in [7, 11) is 1.91. The van der Waals surface area contributed by atoms with E-state index in [1.54, 1.807) is 11.9 Å². The Labute approximate surface area is 71.6 Å². The van der Waals surface area contributed by atoms with Crippen molar-refractivity contribution in [3.63, 3.8) is 0 Å². The lowest BCUT2D eigenvalue weighted by Crippen LogP contribution is -1.91. The lowest BCUT2D eigenvalue weighted by atomic mass is 10.2. The molecule has 0 spiro atoms.